The molecule has 3 heterocycles. The summed E-state index contributed by atoms with van der Waals surface area (Å²) < 4.78 is 93.0. The molecule has 0 radical (unpaired) electrons. The molecular weight excluding hydrogens is 673 g/mol. The third kappa shape index (κ3) is 7.25. The molecule has 1 N–H and O–H groups in total. The van der Waals surface area contributed by atoms with Crippen molar-refractivity contribution in [2.24, 2.45) is 0 Å². The molecule has 1 unspecified atom stereocenters. The maximum Gasteiger partial charge on any atom is 0.337 e. The monoisotopic (exact) mass is 709 g/mol. The molecule has 0 spiro atoms. The Labute approximate surface area is 290 Å². The van der Waals surface area contributed by atoms with Gasteiger partial charge in [0.05, 0.1) is 43.0 Å². The van der Waals surface area contributed by atoms with Gasteiger partial charge in [-0.05, 0) is 70.0 Å². The first-order valence-corrected chi connectivity index (χ1v) is 16.3. The Bertz CT molecular complexity index is 2130. The van der Waals surface area contributed by atoms with Gasteiger partial charge >= 0.3 is 17.8 Å². The number of hydrogen-bond acceptors (Lipinski definition) is 6. The number of hydrogen-bond donors (Lipinski definition) is 1. The molecule has 6 rings (SSSR count). The van der Waals surface area contributed by atoms with Crippen LogP contribution in [0.25, 0.3) is 39.3 Å². The van der Waals surface area contributed by atoms with Gasteiger partial charge in [-0.1, -0.05) is 30.3 Å². The van der Waals surface area contributed by atoms with E-state index in [0.29, 0.717) is 50.5 Å². The first-order valence-electron chi connectivity index (χ1n) is 16.3. The van der Waals surface area contributed by atoms with E-state index >= 15 is 0 Å². The molecule has 2 aromatic heterocycles. The molecular formula is C38H36F5N3O5. The van der Waals surface area contributed by atoms with Crippen LogP contribution >= 0.6 is 0 Å². The Kier molecular flexibility index (Phi) is 9.30. The van der Waals surface area contributed by atoms with Gasteiger partial charge in [0.2, 0.25) is 0 Å². The maximum absolute atomic E-state index is 15.0. The smallest absolute Gasteiger partial charge is 0.337 e. The van der Waals surface area contributed by atoms with Crippen LogP contribution in [-0.4, -0.2) is 56.3 Å². The lowest BCUT2D eigenvalue weighted by Crippen LogP contribution is -2.42. The van der Waals surface area contributed by atoms with Gasteiger partial charge in [-0.3, -0.25) is 0 Å². The molecule has 6 bridgehead atoms. The predicted octanol–water partition coefficient (Wildman–Crippen LogP) is 9.25. The van der Waals surface area contributed by atoms with Crippen LogP contribution in [0.1, 0.15) is 56.5 Å². The van der Waals surface area contributed by atoms with Crippen LogP contribution in [0.5, 0.6) is 11.5 Å². The van der Waals surface area contributed by atoms with Crippen molar-refractivity contribution in [3.05, 3.63) is 89.4 Å². The summed E-state index contributed by atoms with van der Waals surface area (Å²) in [5, 5.41) is 15.3. The Morgan fingerprint density at radius 1 is 0.882 bits per heavy atom. The van der Waals surface area contributed by atoms with Crippen LogP contribution < -0.4 is 9.47 Å². The summed E-state index contributed by atoms with van der Waals surface area (Å²) in [6.07, 6.45) is -4.14. The number of fused-ring (bicyclic) bond motifs is 9. The number of nitrogens with zero attached hydrogens (tertiary/aromatic N) is 3. The van der Waals surface area contributed by atoms with Crippen LogP contribution in [0.2, 0.25) is 0 Å². The number of alkyl halides is 4. The van der Waals surface area contributed by atoms with Crippen molar-refractivity contribution in [1.82, 2.24) is 14.6 Å². The van der Waals surface area contributed by atoms with Crippen molar-refractivity contribution in [2.45, 2.75) is 71.0 Å². The van der Waals surface area contributed by atoms with E-state index in [1.807, 2.05) is 0 Å². The highest BCUT2D eigenvalue weighted by Gasteiger charge is 2.55. The summed E-state index contributed by atoms with van der Waals surface area (Å²) in [7, 11) is 0. The minimum Gasteiger partial charge on any atom is -0.493 e. The Morgan fingerprint density at radius 2 is 1.55 bits per heavy atom. The molecule has 1 aliphatic heterocycles. The minimum absolute atomic E-state index is 0.101. The number of aryl methyl sites for hydroxylation is 2. The van der Waals surface area contributed by atoms with E-state index in [9.17, 15) is 31.9 Å². The van der Waals surface area contributed by atoms with Crippen molar-refractivity contribution in [1.29, 1.82) is 0 Å². The van der Waals surface area contributed by atoms with Gasteiger partial charge in [-0.15, -0.1) is 0 Å². The van der Waals surface area contributed by atoms with Gasteiger partial charge in [0.1, 0.15) is 17.3 Å². The number of halogens is 5. The van der Waals surface area contributed by atoms with E-state index in [4.69, 9.17) is 24.3 Å². The Balaban J connectivity index is 1.61. The van der Waals surface area contributed by atoms with E-state index in [-0.39, 0.29) is 17.1 Å². The van der Waals surface area contributed by atoms with Gasteiger partial charge in [-0.2, -0.15) is 22.7 Å². The molecule has 0 saturated heterocycles. The summed E-state index contributed by atoms with van der Waals surface area (Å²) in [6.45, 7) is 6.91. The van der Waals surface area contributed by atoms with Crippen LogP contribution in [0, 0.1) is 19.7 Å². The van der Waals surface area contributed by atoms with E-state index in [1.54, 1.807) is 77.1 Å². The molecule has 0 amide bonds. The fourth-order valence-electron chi connectivity index (χ4n) is 6.00. The topological polar surface area (TPSA) is 95.2 Å². The van der Waals surface area contributed by atoms with E-state index in [1.165, 1.54) is 22.7 Å². The van der Waals surface area contributed by atoms with Crippen molar-refractivity contribution >= 4 is 11.6 Å². The molecule has 0 fully saturated rings. The average Bonchev–Trinajstić information content (AvgIpc) is 3.47. The molecule has 13 heteroatoms. The van der Waals surface area contributed by atoms with Crippen LogP contribution in [0.15, 0.2) is 66.7 Å². The van der Waals surface area contributed by atoms with Crippen LogP contribution in [-0.2, 0) is 9.53 Å². The molecule has 1 atom stereocenters. The van der Waals surface area contributed by atoms with Gasteiger partial charge in [0.15, 0.2) is 11.8 Å². The Morgan fingerprint density at radius 3 is 2.22 bits per heavy atom. The predicted molar refractivity (Wildman–Crippen MR) is 180 cm³/mol. The molecule has 0 aliphatic carbocycles. The molecule has 0 saturated carbocycles. The van der Waals surface area contributed by atoms with Crippen molar-refractivity contribution < 1.29 is 46.1 Å². The molecule has 8 nitrogen and oxygen atoms in total. The highest BCUT2D eigenvalue weighted by molar-refractivity contribution is 5.82. The first kappa shape index (κ1) is 35.8. The number of aliphatic carboxylic acids is 1. The summed E-state index contributed by atoms with van der Waals surface area (Å²) in [6, 6.07) is 17.1. The van der Waals surface area contributed by atoms with Crippen LogP contribution in [0.4, 0.5) is 22.0 Å². The second-order valence-electron chi connectivity index (χ2n) is 13.5. The van der Waals surface area contributed by atoms with Crippen molar-refractivity contribution in [3.63, 3.8) is 0 Å². The van der Waals surface area contributed by atoms with E-state index < -0.39 is 61.4 Å². The molecule has 3 aromatic carbocycles. The number of aromatic nitrogens is 3. The van der Waals surface area contributed by atoms with Crippen molar-refractivity contribution in [2.75, 3.05) is 13.2 Å². The highest BCUT2D eigenvalue weighted by atomic mass is 19.3. The van der Waals surface area contributed by atoms with Gasteiger partial charge in [-0.25, -0.2) is 18.7 Å². The Hall–Kier alpha value is -5.04. The molecule has 268 valence electrons. The van der Waals surface area contributed by atoms with Gasteiger partial charge in [0, 0.05) is 40.1 Å². The standard InChI is InChI=1S/C38H36F5N3O5/c1-21-9-10-25-18-29(21)49-15-13-37(40,41)38(42,43)14-16-50-30-19-26(39)11-12-27(30)23-7-6-8-24(17-23)28-20-31-44-22(2)32(33(25)46(31)45-28)34(35(47)48)51-36(3,4)5/h6-12,17-20,34H,13-16H2,1-5H3,(H,47,48). The average molecular weight is 710 g/mol. The maximum atomic E-state index is 15.0. The zero-order valence-electron chi connectivity index (χ0n) is 28.6. The highest BCUT2D eigenvalue weighted by Crippen LogP contribution is 2.42. The number of rotatable bonds is 3. The number of carboxylic acids is 1. The lowest BCUT2D eigenvalue weighted by atomic mass is 9.98. The second-order valence-corrected chi connectivity index (χ2v) is 13.5. The third-order valence-electron chi connectivity index (χ3n) is 8.54. The quantitative estimate of drug-likeness (QED) is 0.187. The number of ether oxygens (including phenoxy) is 3. The zero-order chi connectivity index (χ0) is 36.9. The van der Waals surface area contributed by atoms with E-state index in [2.05, 4.69) is 0 Å². The largest absolute Gasteiger partial charge is 0.493 e. The minimum atomic E-state index is -4.47. The molecule has 5 aromatic rings. The zero-order valence-corrected chi connectivity index (χ0v) is 28.6. The van der Waals surface area contributed by atoms with Crippen molar-refractivity contribution in [3.8, 4) is 45.1 Å². The van der Waals surface area contributed by atoms with Gasteiger partial charge < -0.3 is 19.3 Å². The van der Waals surface area contributed by atoms with Crippen LogP contribution in [0.3, 0.4) is 0 Å². The molecule has 51 heavy (non-hydrogen) atoms. The normalized spacial score (nSPS) is 16.5. The third-order valence-corrected chi connectivity index (χ3v) is 8.54. The number of carboxylic acid groups (broad SMARTS) is 1. The fraction of sp³-hybridized carbons (Fsp3) is 0.342. The second kappa shape index (κ2) is 13.3. The summed E-state index contributed by atoms with van der Waals surface area (Å²) in [5.41, 5.74) is 3.13. The lowest BCUT2D eigenvalue weighted by molar-refractivity contribution is -0.219. The number of carbonyl (C=O) groups is 1. The molecule has 1 aliphatic rings. The number of benzene rings is 3. The summed E-state index contributed by atoms with van der Waals surface area (Å²) in [4.78, 5) is 17.5. The lowest BCUT2D eigenvalue weighted by Gasteiger charge is -2.28. The first-order chi connectivity index (χ1) is 23.9. The fourth-order valence-corrected chi connectivity index (χ4v) is 6.00. The SMILES string of the molecule is Cc1ccc2cc1OCCC(F)(F)C(F)(F)CCOc1cc(F)ccc1-c1cccc(c1)-c1cc3nc(C)c(C(OC(C)(C)C)C(=O)O)c-2n3n1. The summed E-state index contributed by atoms with van der Waals surface area (Å²) in [5.74, 6) is -10.9. The van der Waals surface area contributed by atoms with E-state index in [0.717, 1.165) is 6.07 Å². The van der Waals surface area contributed by atoms with Gasteiger partial charge in [0.25, 0.3) is 0 Å². The summed E-state index contributed by atoms with van der Waals surface area (Å²) >= 11 is 0.